The predicted octanol–water partition coefficient (Wildman–Crippen LogP) is 3.43. The van der Waals surface area contributed by atoms with E-state index < -0.39 is 11.8 Å². The number of nitrogens with one attached hydrogen (secondary N) is 3. The Morgan fingerprint density at radius 3 is 2.50 bits per heavy atom. The second-order valence-electron chi connectivity index (χ2n) is 7.25. The predicted molar refractivity (Wildman–Crippen MR) is 131 cm³/mol. The topological polar surface area (TPSA) is 109 Å². The number of carbonyl (C=O) groups is 3. The molecule has 3 N–H and O–H groups in total. The molecule has 0 aliphatic heterocycles. The van der Waals surface area contributed by atoms with Crippen molar-refractivity contribution >= 4 is 41.2 Å². The van der Waals surface area contributed by atoms with E-state index in [1.54, 1.807) is 48.5 Å². The number of benzene rings is 3. The van der Waals surface area contributed by atoms with Gasteiger partial charge in [-0.2, -0.15) is 5.10 Å². The second-order valence-corrected chi connectivity index (χ2v) is 7.69. The number of ether oxygens (including phenoxy) is 1. The van der Waals surface area contributed by atoms with Crippen LogP contribution >= 0.6 is 11.6 Å². The molecule has 0 bridgehead atoms. The summed E-state index contributed by atoms with van der Waals surface area (Å²) < 4.78 is 5.57. The Balaban J connectivity index is 1.49. The van der Waals surface area contributed by atoms with E-state index >= 15 is 0 Å². The van der Waals surface area contributed by atoms with Crippen LogP contribution in [-0.2, 0) is 20.9 Å². The van der Waals surface area contributed by atoms with Crippen molar-refractivity contribution < 1.29 is 19.1 Å². The molecule has 0 saturated heterocycles. The lowest BCUT2D eigenvalue weighted by molar-refractivity contribution is -0.139. The molecular weight excluding hydrogens is 456 g/mol. The summed E-state index contributed by atoms with van der Waals surface area (Å²) in [7, 11) is 0. The van der Waals surface area contributed by atoms with Crippen LogP contribution in [0.2, 0.25) is 5.02 Å². The van der Waals surface area contributed by atoms with Crippen molar-refractivity contribution in [2.45, 2.75) is 13.5 Å². The van der Waals surface area contributed by atoms with Gasteiger partial charge >= 0.3 is 11.8 Å². The first kappa shape index (κ1) is 24.5. The number of carbonyl (C=O) groups excluding carboxylic acids is 3. The van der Waals surface area contributed by atoms with Gasteiger partial charge in [0.1, 0.15) is 5.75 Å². The molecule has 0 aliphatic rings. The number of aryl methyl sites for hydroxylation is 1. The molecule has 0 aromatic heterocycles. The number of hydrogen-bond donors (Lipinski definition) is 3. The van der Waals surface area contributed by atoms with Crippen molar-refractivity contribution in [2.75, 3.05) is 11.9 Å². The third kappa shape index (κ3) is 7.75. The van der Waals surface area contributed by atoms with Crippen LogP contribution in [0.15, 0.2) is 77.9 Å². The highest BCUT2D eigenvalue weighted by Gasteiger charge is 2.12. The fourth-order valence-corrected chi connectivity index (χ4v) is 3.00. The zero-order chi connectivity index (χ0) is 24.3. The van der Waals surface area contributed by atoms with E-state index in [1.165, 1.54) is 6.21 Å². The lowest BCUT2D eigenvalue weighted by Crippen LogP contribution is -2.37. The van der Waals surface area contributed by atoms with E-state index in [4.69, 9.17) is 16.3 Å². The van der Waals surface area contributed by atoms with Gasteiger partial charge in [0, 0.05) is 22.8 Å². The molecule has 3 aromatic rings. The summed E-state index contributed by atoms with van der Waals surface area (Å²) >= 11 is 5.91. The summed E-state index contributed by atoms with van der Waals surface area (Å²) in [5, 5.41) is 9.54. The lowest BCUT2D eigenvalue weighted by Gasteiger charge is -2.10. The van der Waals surface area contributed by atoms with Crippen LogP contribution in [0.25, 0.3) is 0 Å². The quantitative estimate of drug-likeness (QED) is 0.262. The summed E-state index contributed by atoms with van der Waals surface area (Å²) in [6, 6.07) is 21.2. The molecule has 0 radical (unpaired) electrons. The first-order valence-electron chi connectivity index (χ1n) is 10.3. The highest BCUT2D eigenvalue weighted by molar-refractivity contribution is 6.35. The van der Waals surface area contributed by atoms with E-state index in [9.17, 15) is 14.4 Å². The average molecular weight is 479 g/mol. The van der Waals surface area contributed by atoms with Crippen LogP contribution < -0.4 is 20.8 Å². The Kier molecular flexibility index (Phi) is 8.76. The van der Waals surface area contributed by atoms with Crippen LogP contribution in [-0.4, -0.2) is 30.5 Å². The SMILES string of the molecule is Cc1ccc(CNC(=O)C(=O)N/N=C\c2ccccc2OCC(=O)Nc2cccc(Cl)c2)cc1. The van der Waals surface area contributed by atoms with Crippen molar-refractivity contribution in [3.05, 3.63) is 94.5 Å². The number of amides is 3. The highest BCUT2D eigenvalue weighted by Crippen LogP contribution is 2.17. The van der Waals surface area contributed by atoms with Crippen molar-refractivity contribution in [3.63, 3.8) is 0 Å². The molecule has 3 amide bonds. The summed E-state index contributed by atoms with van der Waals surface area (Å²) in [5.74, 6) is -1.69. The minimum atomic E-state index is -0.900. The number of anilines is 1. The van der Waals surface area contributed by atoms with E-state index in [2.05, 4.69) is 21.2 Å². The number of hydrazone groups is 1. The summed E-state index contributed by atoms with van der Waals surface area (Å²) in [5.41, 5.74) is 5.23. The summed E-state index contributed by atoms with van der Waals surface area (Å²) in [6.07, 6.45) is 1.33. The zero-order valence-electron chi connectivity index (χ0n) is 18.4. The molecule has 0 saturated carbocycles. The van der Waals surface area contributed by atoms with Gasteiger partial charge in [0.15, 0.2) is 6.61 Å². The highest BCUT2D eigenvalue weighted by atomic mass is 35.5. The van der Waals surface area contributed by atoms with E-state index in [0.29, 0.717) is 22.0 Å². The van der Waals surface area contributed by atoms with Crippen LogP contribution in [0.5, 0.6) is 5.75 Å². The number of nitrogens with zero attached hydrogens (tertiary/aromatic N) is 1. The standard InChI is InChI=1S/C25H23ClN4O4/c1-17-9-11-18(12-10-17)14-27-24(32)25(33)30-28-15-19-5-2-3-8-22(19)34-16-23(31)29-21-7-4-6-20(26)13-21/h2-13,15H,14,16H2,1H3,(H,27,32)(H,29,31)(H,30,33)/b28-15-. The molecule has 9 heteroatoms. The summed E-state index contributed by atoms with van der Waals surface area (Å²) in [4.78, 5) is 36.1. The fourth-order valence-electron chi connectivity index (χ4n) is 2.81. The Hall–Kier alpha value is -4.17. The average Bonchev–Trinajstić information content (AvgIpc) is 2.83. The molecule has 0 fully saturated rings. The van der Waals surface area contributed by atoms with Crippen LogP contribution in [0.1, 0.15) is 16.7 Å². The largest absolute Gasteiger partial charge is 0.483 e. The molecule has 3 aromatic carbocycles. The molecule has 8 nitrogen and oxygen atoms in total. The van der Waals surface area contributed by atoms with Crippen molar-refractivity contribution in [3.8, 4) is 5.75 Å². The molecule has 0 heterocycles. The fraction of sp³-hybridized carbons (Fsp3) is 0.120. The number of hydrogen-bond acceptors (Lipinski definition) is 5. The van der Waals surface area contributed by atoms with Crippen molar-refractivity contribution in [1.29, 1.82) is 0 Å². The van der Waals surface area contributed by atoms with E-state index in [1.807, 2.05) is 31.2 Å². The van der Waals surface area contributed by atoms with Crippen LogP contribution in [0.4, 0.5) is 5.69 Å². The molecule has 0 unspecified atom stereocenters. The van der Waals surface area contributed by atoms with Gasteiger partial charge in [-0.1, -0.05) is 59.6 Å². The maximum Gasteiger partial charge on any atom is 0.329 e. The van der Waals surface area contributed by atoms with Gasteiger partial charge in [-0.15, -0.1) is 0 Å². The van der Waals surface area contributed by atoms with Crippen LogP contribution in [0, 0.1) is 6.92 Å². The normalized spacial score (nSPS) is 10.5. The lowest BCUT2D eigenvalue weighted by atomic mass is 10.1. The van der Waals surface area contributed by atoms with Gasteiger partial charge in [0.25, 0.3) is 5.91 Å². The van der Waals surface area contributed by atoms with Crippen molar-refractivity contribution in [1.82, 2.24) is 10.7 Å². The Morgan fingerprint density at radius 2 is 1.74 bits per heavy atom. The van der Waals surface area contributed by atoms with Gasteiger partial charge < -0.3 is 15.4 Å². The molecular formula is C25H23ClN4O4. The first-order chi connectivity index (χ1) is 16.4. The van der Waals surface area contributed by atoms with E-state index in [-0.39, 0.29) is 19.1 Å². The van der Waals surface area contributed by atoms with Gasteiger partial charge in [0.05, 0.1) is 6.21 Å². The van der Waals surface area contributed by atoms with Crippen molar-refractivity contribution in [2.24, 2.45) is 5.10 Å². The minimum absolute atomic E-state index is 0.226. The van der Waals surface area contributed by atoms with Gasteiger partial charge in [-0.05, 0) is 42.8 Å². The molecule has 34 heavy (non-hydrogen) atoms. The molecule has 174 valence electrons. The molecule has 3 rings (SSSR count). The first-order valence-corrected chi connectivity index (χ1v) is 10.7. The Bertz CT molecular complexity index is 1200. The number of rotatable bonds is 8. The third-order valence-electron chi connectivity index (χ3n) is 4.54. The maximum atomic E-state index is 12.2. The molecule has 0 aliphatic carbocycles. The van der Waals surface area contributed by atoms with Gasteiger partial charge in [-0.3, -0.25) is 14.4 Å². The Labute approximate surface area is 202 Å². The van der Waals surface area contributed by atoms with E-state index in [0.717, 1.165) is 11.1 Å². The van der Waals surface area contributed by atoms with Gasteiger partial charge in [0.2, 0.25) is 0 Å². The van der Waals surface area contributed by atoms with Crippen LogP contribution in [0.3, 0.4) is 0 Å². The molecule has 0 spiro atoms. The van der Waals surface area contributed by atoms with Gasteiger partial charge in [-0.25, -0.2) is 5.43 Å². The second kappa shape index (κ2) is 12.2. The minimum Gasteiger partial charge on any atom is -0.483 e. The third-order valence-corrected chi connectivity index (χ3v) is 4.77. The summed E-state index contributed by atoms with van der Waals surface area (Å²) in [6.45, 7) is 1.95. The maximum absolute atomic E-state index is 12.2. The monoisotopic (exact) mass is 478 g/mol. The number of halogens is 1. The Morgan fingerprint density at radius 1 is 0.971 bits per heavy atom. The number of para-hydroxylation sites is 1. The zero-order valence-corrected chi connectivity index (χ0v) is 19.1. The molecule has 0 atom stereocenters. The smallest absolute Gasteiger partial charge is 0.329 e.